The molecule has 50 heavy (non-hydrogen) atoms. The second-order valence-electron chi connectivity index (χ2n) is 12.3. The van der Waals surface area contributed by atoms with E-state index in [1.54, 1.807) is 50.2 Å². The molecule has 10 heteroatoms. The predicted octanol–water partition coefficient (Wildman–Crippen LogP) is 8.14. The Morgan fingerprint density at radius 3 is 1.16 bits per heavy atom. The quantitative estimate of drug-likeness (QED) is 0.0783. The number of hydrogen-bond donors (Lipinski definition) is 8. The van der Waals surface area contributed by atoms with Crippen molar-refractivity contribution in [3.8, 4) is 45.6 Å². The van der Waals surface area contributed by atoms with Gasteiger partial charge in [0.25, 0.3) is 11.8 Å². The molecule has 0 saturated heterocycles. The molecular weight excluding hydrogens is 636 g/mol. The number of phenols is 6. The molecule has 0 radical (unpaired) electrons. The van der Waals surface area contributed by atoms with Crippen LogP contribution in [0.25, 0.3) is 32.7 Å². The molecule has 0 aliphatic rings. The van der Waals surface area contributed by atoms with E-state index in [1.165, 1.54) is 0 Å². The van der Waals surface area contributed by atoms with Crippen LogP contribution in [0.2, 0.25) is 0 Å². The van der Waals surface area contributed by atoms with Crippen LogP contribution in [0.1, 0.15) is 56.8 Å². The van der Waals surface area contributed by atoms with Crippen molar-refractivity contribution in [1.82, 2.24) is 0 Å². The molecule has 0 aliphatic heterocycles. The number of aromatic hydroxyl groups is 6. The maximum Gasteiger partial charge on any atom is 0.260 e. The number of hydrogen-bond acceptors (Lipinski definition) is 8. The van der Waals surface area contributed by atoms with E-state index in [-0.39, 0.29) is 43.8 Å². The van der Waals surface area contributed by atoms with Crippen LogP contribution in [-0.4, -0.2) is 42.5 Å². The van der Waals surface area contributed by atoms with Gasteiger partial charge < -0.3 is 41.3 Å². The van der Waals surface area contributed by atoms with Crippen molar-refractivity contribution in [3.63, 3.8) is 0 Å². The number of carbonyl (C=O) groups is 2. The first-order valence-corrected chi connectivity index (χ1v) is 16.1. The van der Waals surface area contributed by atoms with E-state index in [9.17, 15) is 40.2 Å². The van der Waals surface area contributed by atoms with Gasteiger partial charge in [-0.1, -0.05) is 38.1 Å². The molecule has 0 bridgehead atoms. The summed E-state index contributed by atoms with van der Waals surface area (Å²) in [6.45, 7) is 7.30. The van der Waals surface area contributed by atoms with E-state index < -0.39 is 46.3 Å². The average molecular weight is 673 g/mol. The summed E-state index contributed by atoms with van der Waals surface area (Å²) in [5.41, 5.74) is 3.64. The van der Waals surface area contributed by atoms with E-state index in [0.29, 0.717) is 22.5 Å². The zero-order valence-corrected chi connectivity index (χ0v) is 27.8. The van der Waals surface area contributed by atoms with Gasteiger partial charge in [-0.3, -0.25) is 9.59 Å². The first kappa shape index (κ1) is 33.5. The first-order chi connectivity index (χ1) is 23.8. The van der Waals surface area contributed by atoms with Crippen LogP contribution in [0, 0.1) is 13.8 Å². The van der Waals surface area contributed by atoms with Gasteiger partial charge in [0.15, 0.2) is 23.0 Å². The van der Waals surface area contributed by atoms with Crippen molar-refractivity contribution < 1.29 is 40.2 Å². The van der Waals surface area contributed by atoms with Gasteiger partial charge in [-0.2, -0.15) is 0 Å². The number of benzene rings is 6. The van der Waals surface area contributed by atoms with Gasteiger partial charge in [-0.05, 0) is 97.5 Å². The lowest BCUT2D eigenvalue weighted by molar-refractivity contribution is 0.101. The molecule has 0 atom stereocenters. The maximum absolute atomic E-state index is 13.5. The van der Waals surface area contributed by atoms with E-state index in [0.717, 1.165) is 36.1 Å². The summed E-state index contributed by atoms with van der Waals surface area (Å²) in [7, 11) is 0. The SMILES string of the molecule is CCc1ccc(NC(=O)c2c(O)c(O)cc3c(O)c(-c4c(C)cc5c(C(=O)Nc6ccc(CC)cc6)c(O)c(O)cc5c4O)c(C)cc23)cc1. The summed E-state index contributed by atoms with van der Waals surface area (Å²) >= 11 is 0. The minimum absolute atomic E-state index is 0.0222. The third kappa shape index (κ3) is 5.70. The molecule has 6 aromatic rings. The minimum Gasteiger partial charge on any atom is -0.507 e. The molecular formula is C40H36N2O8. The van der Waals surface area contributed by atoms with Crippen molar-refractivity contribution in [2.45, 2.75) is 40.5 Å². The fraction of sp³-hybridized carbons (Fsp3) is 0.150. The highest BCUT2D eigenvalue weighted by molar-refractivity contribution is 6.19. The van der Waals surface area contributed by atoms with E-state index in [1.807, 2.05) is 38.1 Å². The first-order valence-electron chi connectivity index (χ1n) is 16.1. The van der Waals surface area contributed by atoms with Gasteiger partial charge in [-0.15, -0.1) is 0 Å². The van der Waals surface area contributed by atoms with Gasteiger partial charge >= 0.3 is 0 Å². The Morgan fingerprint density at radius 1 is 0.500 bits per heavy atom. The number of carbonyl (C=O) groups excluding carboxylic acids is 2. The van der Waals surface area contributed by atoms with Crippen LogP contribution in [0.5, 0.6) is 34.5 Å². The standard InChI is InChI=1S/C40H36N2O8/c1-5-21-7-11-23(12-8-21)41-39(49)33-25-15-19(3)31(35(45)27(25)17-29(43)37(33)47)32-20(4)16-26-28(36(32)46)18-30(44)38(48)34(26)40(50)42-24-13-9-22(6-2)10-14-24/h7-18,43-48H,5-6H2,1-4H3,(H,41,49)(H,42,50). The fourth-order valence-corrected chi connectivity index (χ4v) is 6.38. The number of aryl methyl sites for hydroxylation is 4. The van der Waals surface area contributed by atoms with E-state index in [2.05, 4.69) is 10.6 Å². The third-order valence-electron chi connectivity index (χ3n) is 9.08. The molecule has 0 spiro atoms. The predicted molar refractivity (Wildman–Crippen MR) is 194 cm³/mol. The smallest absolute Gasteiger partial charge is 0.260 e. The highest BCUT2D eigenvalue weighted by Gasteiger charge is 2.28. The summed E-state index contributed by atoms with van der Waals surface area (Å²) in [6.07, 6.45) is 1.63. The Labute approximate surface area is 287 Å². The van der Waals surface area contributed by atoms with Crippen molar-refractivity contribution in [1.29, 1.82) is 0 Å². The van der Waals surface area contributed by atoms with Crippen LogP contribution in [0.4, 0.5) is 11.4 Å². The number of anilines is 2. The fourth-order valence-electron chi connectivity index (χ4n) is 6.38. The molecule has 0 fully saturated rings. The summed E-state index contributed by atoms with van der Waals surface area (Å²) < 4.78 is 0. The number of amides is 2. The van der Waals surface area contributed by atoms with Gasteiger partial charge in [0, 0.05) is 44.0 Å². The lowest BCUT2D eigenvalue weighted by Crippen LogP contribution is -2.13. The summed E-state index contributed by atoms with van der Waals surface area (Å²) in [6, 6.07) is 19.7. The molecule has 254 valence electrons. The molecule has 2 amide bonds. The molecule has 8 N–H and O–H groups in total. The van der Waals surface area contributed by atoms with Crippen molar-refractivity contribution in [2.75, 3.05) is 10.6 Å². The lowest BCUT2D eigenvalue weighted by atomic mass is 9.87. The van der Waals surface area contributed by atoms with Crippen LogP contribution < -0.4 is 10.6 Å². The lowest BCUT2D eigenvalue weighted by Gasteiger charge is -2.20. The molecule has 0 aliphatic carbocycles. The van der Waals surface area contributed by atoms with Gasteiger partial charge in [0.1, 0.15) is 11.5 Å². The van der Waals surface area contributed by atoms with Crippen molar-refractivity contribution in [3.05, 3.63) is 106 Å². The van der Waals surface area contributed by atoms with Crippen LogP contribution in [0.3, 0.4) is 0 Å². The molecule has 6 aromatic carbocycles. The molecule has 10 nitrogen and oxygen atoms in total. The van der Waals surface area contributed by atoms with E-state index in [4.69, 9.17) is 0 Å². The highest BCUT2D eigenvalue weighted by atomic mass is 16.3. The van der Waals surface area contributed by atoms with Crippen molar-refractivity contribution >= 4 is 44.7 Å². The zero-order valence-electron chi connectivity index (χ0n) is 27.8. The Bertz CT molecular complexity index is 2180. The Kier molecular flexibility index (Phi) is 8.63. The molecule has 0 heterocycles. The summed E-state index contributed by atoms with van der Waals surface area (Å²) in [4.78, 5) is 27.0. The Balaban J connectivity index is 1.49. The third-order valence-corrected chi connectivity index (χ3v) is 9.08. The summed E-state index contributed by atoms with van der Waals surface area (Å²) in [5, 5.41) is 72.3. The highest BCUT2D eigenvalue weighted by Crippen LogP contribution is 2.51. The maximum atomic E-state index is 13.5. The monoisotopic (exact) mass is 672 g/mol. The van der Waals surface area contributed by atoms with E-state index >= 15 is 0 Å². The number of phenolic OH excluding ortho intramolecular Hbond substituents is 6. The van der Waals surface area contributed by atoms with Gasteiger partial charge in [-0.25, -0.2) is 0 Å². The summed E-state index contributed by atoms with van der Waals surface area (Å²) in [5.74, 6) is -4.85. The van der Waals surface area contributed by atoms with Gasteiger partial charge in [0.2, 0.25) is 0 Å². The van der Waals surface area contributed by atoms with Crippen LogP contribution >= 0.6 is 0 Å². The normalized spacial score (nSPS) is 11.2. The number of rotatable bonds is 7. The second kappa shape index (κ2) is 12.9. The van der Waals surface area contributed by atoms with Crippen LogP contribution in [0.15, 0.2) is 72.8 Å². The Morgan fingerprint density at radius 2 is 0.840 bits per heavy atom. The molecule has 6 rings (SSSR count). The largest absolute Gasteiger partial charge is 0.507 e. The van der Waals surface area contributed by atoms with Gasteiger partial charge in [0.05, 0.1) is 11.1 Å². The molecule has 0 aromatic heterocycles. The average Bonchev–Trinajstić information content (AvgIpc) is 3.09. The van der Waals surface area contributed by atoms with Crippen molar-refractivity contribution in [2.24, 2.45) is 0 Å². The second-order valence-corrected chi connectivity index (χ2v) is 12.3. The molecule has 0 unspecified atom stereocenters. The Hall–Kier alpha value is -6.42. The van der Waals surface area contributed by atoms with Crippen LogP contribution in [-0.2, 0) is 12.8 Å². The molecule has 0 saturated carbocycles. The number of fused-ring (bicyclic) bond motifs is 2. The topological polar surface area (TPSA) is 180 Å². The zero-order chi connectivity index (χ0) is 36.0. The minimum atomic E-state index is -0.716. The number of nitrogens with one attached hydrogen (secondary N) is 2.